The van der Waals surface area contributed by atoms with Gasteiger partial charge in [-0.25, -0.2) is 4.79 Å². The number of hydrogen-bond donors (Lipinski definition) is 1. The van der Waals surface area contributed by atoms with E-state index in [-0.39, 0.29) is 4.88 Å². The molecule has 1 N–H and O–H groups in total. The normalized spacial score (nSPS) is 11.7. The van der Waals surface area contributed by atoms with Crippen molar-refractivity contribution < 1.29 is 41.0 Å². The third-order valence-electron chi connectivity index (χ3n) is 3.11. The number of rotatable bonds is 5. The van der Waals surface area contributed by atoms with Gasteiger partial charge in [0, 0.05) is 18.0 Å². The zero-order valence-electron chi connectivity index (χ0n) is 14.3. The average Bonchev–Trinajstić information content (AvgIpc) is 3.02. The Kier molecular flexibility index (Phi) is 8.18. The first-order valence-corrected chi connectivity index (χ1v) is 8.35. The fourth-order valence-electron chi connectivity index (χ4n) is 1.94. The van der Waals surface area contributed by atoms with Gasteiger partial charge in [0.05, 0.1) is 4.88 Å². The molecule has 1 aromatic carbocycles. The minimum absolute atomic E-state index is 0.259. The summed E-state index contributed by atoms with van der Waals surface area (Å²) in [4.78, 5) is 22.5. The highest BCUT2D eigenvalue weighted by Gasteiger charge is 2.40. The van der Waals surface area contributed by atoms with Gasteiger partial charge in [-0.2, -0.15) is 26.3 Å². The molecule has 154 valence electrons. The van der Waals surface area contributed by atoms with Crippen molar-refractivity contribution in [3.8, 4) is 0 Å². The van der Waals surface area contributed by atoms with Crippen LogP contribution in [0.2, 0.25) is 0 Å². The maximum atomic E-state index is 12.3. The molecule has 2 aromatic rings. The smallest absolute Gasteiger partial charge is 0.475 e. The van der Waals surface area contributed by atoms with Crippen LogP contribution >= 0.6 is 11.3 Å². The van der Waals surface area contributed by atoms with Gasteiger partial charge in [-0.05, 0) is 24.7 Å². The van der Waals surface area contributed by atoms with E-state index in [9.17, 15) is 31.1 Å². The van der Waals surface area contributed by atoms with Gasteiger partial charge < -0.3 is 5.11 Å². The van der Waals surface area contributed by atoms with Gasteiger partial charge in [0.2, 0.25) is 0 Å². The van der Waals surface area contributed by atoms with Crippen molar-refractivity contribution >= 4 is 23.1 Å². The van der Waals surface area contributed by atoms with Crippen LogP contribution < -0.4 is 0 Å². The number of nitrogens with zero attached hydrogens (tertiary/aromatic N) is 1. The van der Waals surface area contributed by atoms with E-state index >= 15 is 0 Å². The van der Waals surface area contributed by atoms with E-state index in [1.165, 1.54) is 6.07 Å². The number of Topliss-reactive ketones (excluding diaryl/α,β-unsaturated/α-hetero) is 1. The Hall–Kier alpha value is -2.40. The summed E-state index contributed by atoms with van der Waals surface area (Å²) in [7, 11) is 1.89. The molecule has 28 heavy (non-hydrogen) atoms. The van der Waals surface area contributed by atoms with E-state index in [4.69, 9.17) is 9.90 Å². The topological polar surface area (TPSA) is 57.6 Å². The summed E-state index contributed by atoms with van der Waals surface area (Å²) >= 11 is 0.896. The lowest BCUT2D eigenvalue weighted by atomic mass is 10.2. The summed E-state index contributed by atoms with van der Waals surface area (Å²) in [6, 6.07) is 12.6. The number of carboxylic acids is 1. The molecule has 0 spiro atoms. The van der Waals surface area contributed by atoms with E-state index in [0.29, 0.717) is 13.1 Å². The fraction of sp³-hybridized carbons (Fsp3) is 0.294. The maximum absolute atomic E-state index is 12.3. The number of carboxylic acid groups (broad SMARTS) is 1. The molecule has 1 aromatic heterocycles. The standard InChI is InChI=1S/C15H14F3NOS.C2HF3O2/c1-19(9-11-5-3-2-4-6-11)10-12-7-8-13(21-12)14(20)15(16,17)18;3-2(4,5)1(6)7/h2-8H,9-10H2,1H3;(H,6,7). The van der Waals surface area contributed by atoms with Crippen LogP contribution in [0.3, 0.4) is 0 Å². The van der Waals surface area contributed by atoms with E-state index < -0.39 is 24.1 Å². The van der Waals surface area contributed by atoms with E-state index in [2.05, 4.69) is 0 Å². The highest BCUT2D eigenvalue weighted by molar-refractivity contribution is 7.14. The third-order valence-corrected chi connectivity index (χ3v) is 4.18. The number of carbonyl (C=O) groups excluding carboxylic acids is 1. The lowest BCUT2D eigenvalue weighted by Crippen LogP contribution is -2.21. The number of aliphatic carboxylic acids is 1. The highest BCUT2D eigenvalue weighted by atomic mass is 32.1. The van der Waals surface area contributed by atoms with Crippen LogP contribution in [0.15, 0.2) is 42.5 Å². The second kappa shape index (κ2) is 9.69. The van der Waals surface area contributed by atoms with Crippen LogP contribution in [-0.4, -0.2) is 41.2 Å². The van der Waals surface area contributed by atoms with Crippen molar-refractivity contribution in [2.45, 2.75) is 25.4 Å². The summed E-state index contributed by atoms with van der Waals surface area (Å²) in [5.41, 5.74) is 1.13. The summed E-state index contributed by atoms with van der Waals surface area (Å²) in [5, 5.41) is 7.12. The number of ketones is 1. The van der Waals surface area contributed by atoms with Gasteiger partial charge in [-0.3, -0.25) is 9.69 Å². The van der Waals surface area contributed by atoms with Crippen LogP contribution in [0.25, 0.3) is 0 Å². The fourth-order valence-corrected chi connectivity index (χ4v) is 2.99. The predicted octanol–water partition coefficient (Wildman–Crippen LogP) is 4.76. The van der Waals surface area contributed by atoms with Crippen LogP contribution in [0, 0.1) is 0 Å². The third kappa shape index (κ3) is 8.09. The van der Waals surface area contributed by atoms with Crippen molar-refractivity contribution in [1.29, 1.82) is 0 Å². The zero-order chi connectivity index (χ0) is 21.5. The number of thiophene rings is 1. The number of carbonyl (C=O) groups is 2. The number of alkyl halides is 6. The molecule has 0 aliphatic rings. The second-order valence-electron chi connectivity index (χ2n) is 5.55. The Labute approximate surface area is 160 Å². The molecule has 0 aliphatic heterocycles. The Morgan fingerprint density at radius 3 is 1.93 bits per heavy atom. The van der Waals surface area contributed by atoms with Crippen molar-refractivity contribution in [3.63, 3.8) is 0 Å². The highest BCUT2D eigenvalue weighted by Crippen LogP contribution is 2.27. The first-order valence-electron chi connectivity index (χ1n) is 7.53. The molecule has 1 heterocycles. The molecule has 11 heteroatoms. The van der Waals surface area contributed by atoms with Gasteiger partial charge >= 0.3 is 18.3 Å². The molecule has 0 aliphatic carbocycles. The van der Waals surface area contributed by atoms with Crippen LogP contribution in [0.4, 0.5) is 26.3 Å². The molecule has 4 nitrogen and oxygen atoms in total. The van der Waals surface area contributed by atoms with Gasteiger partial charge in [0.1, 0.15) is 0 Å². The molecule has 0 saturated heterocycles. The van der Waals surface area contributed by atoms with E-state index in [0.717, 1.165) is 21.8 Å². The van der Waals surface area contributed by atoms with Gasteiger partial charge in [0.15, 0.2) is 0 Å². The number of benzene rings is 1. The van der Waals surface area contributed by atoms with Gasteiger partial charge in [-0.1, -0.05) is 30.3 Å². The summed E-state index contributed by atoms with van der Waals surface area (Å²) < 4.78 is 68.8. The lowest BCUT2D eigenvalue weighted by Gasteiger charge is -2.15. The lowest BCUT2D eigenvalue weighted by molar-refractivity contribution is -0.192. The summed E-state index contributed by atoms with van der Waals surface area (Å²) in [5.74, 6) is -4.53. The SMILES string of the molecule is CN(Cc1ccccc1)Cc1ccc(C(=O)C(F)(F)F)s1.O=C(O)C(F)(F)F. The van der Waals surface area contributed by atoms with E-state index in [1.807, 2.05) is 42.3 Å². The molecule has 0 bridgehead atoms. The summed E-state index contributed by atoms with van der Waals surface area (Å²) in [6.45, 7) is 1.20. The Bertz CT molecular complexity index is 786. The Balaban J connectivity index is 0.000000480. The molecule has 0 unspecified atom stereocenters. The van der Waals surface area contributed by atoms with Crippen LogP contribution in [0.5, 0.6) is 0 Å². The first-order chi connectivity index (χ1) is 12.8. The monoisotopic (exact) mass is 427 g/mol. The minimum Gasteiger partial charge on any atom is -0.475 e. The molecule has 0 saturated carbocycles. The molecule has 2 rings (SSSR count). The molecule has 0 atom stereocenters. The average molecular weight is 427 g/mol. The quantitative estimate of drug-likeness (QED) is 0.552. The number of halogens is 6. The zero-order valence-corrected chi connectivity index (χ0v) is 15.2. The molecular formula is C17H15F6NO3S. The molecule has 0 amide bonds. The second-order valence-corrected chi connectivity index (χ2v) is 6.72. The largest absolute Gasteiger partial charge is 0.490 e. The van der Waals surface area contributed by atoms with Crippen LogP contribution in [-0.2, 0) is 17.9 Å². The molecular weight excluding hydrogens is 412 g/mol. The Morgan fingerprint density at radius 2 is 1.46 bits per heavy atom. The van der Waals surface area contributed by atoms with Crippen molar-refractivity contribution in [2.75, 3.05) is 7.05 Å². The van der Waals surface area contributed by atoms with Gasteiger partial charge in [-0.15, -0.1) is 11.3 Å². The predicted molar refractivity (Wildman–Crippen MR) is 90.0 cm³/mol. The maximum Gasteiger partial charge on any atom is 0.490 e. The van der Waals surface area contributed by atoms with E-state index in [1.54, 1.807) is 6.07 Å². The molecule has 0 fully saturated rings. The van der Waals surface area contributed by atoms with Crippen LogP contribution in [0.1, 0.15) is 20.1 Å². The minimum atomic E-state index is -5.08. The Morgan fingerprint density at radius 1 is 0.929 bits per heavy atom. The molecule has 0 radical (unpaired) electrons. The first kappa shape index (κ1) is 23.6. The van der Waals surface area contributed by atoms with Crippen molar-refractivity contribution in [3.05, 3.63) is 57.8 Å². The van der Waals surface area contributed by atoms with Gasteiger partial charge in [0.25, 0.3) is 5.78 Å². The number of hydrogen-bond acceptors (Lipinski definition) is 4. The van der Waals surface area contributed by atoms with Crippen molar-refractivity contribution in [2.24, 2.45) is 0 Å². The van der Waals surface area contributed by atoms with Crippen molar-refractivity contribution in [1.82, 2.24) is 4.90 Å². The summed E-state index contributed by atoms with van der Waals surface area (Å²) in [6.07, 6.45) is -9.89.